The number of sulfonamides is 1. The summed E-state index contributed by atoms with van der Waals surface area (Å²) in [6.45, 7) is 5.85. The fourth-order valence-electron chi connectivity index (χ4n) is 2.48. The Kier molecular flexibility index (Phi) is 6.24. The van der Waals surface area contributed by atoms with E-state index in [2.05, 4.69) is 15.9 Å². The van der Waals surface area contributed by atoms with Gasteiger partial charge in [0.1, 0.15) is 0 Å². The maximum absolute atomic E-state index is 13.0. The van der Waals surface area contributed by atoms with Crippen molar-refractivity contribution in [2.75, 3.05) is 17.5 Å². The van der Waals surface area contributed by atoms with E-state index in [1.807, 2.05) is 0 Å². The van der Waals surface area contributed by atoms with Crippen molar-refractivity contribution in [3.05, 3.63) is 58.1 Å². The molecule has 2 rings (SSSR count). The highest BCUT2D eigenvalue weighted by atomic mass is 79.9. The van der Waals surface area contributed by atoms with Crippen LogP contribution in [0, 0.1) is 6.92 Å². The number of ether oxygens (including phenoxy) is 1. The molecule has 0 atom stereocenters. The minimum Gasteiger partial charge on any atom is -0.462 e. The molecule has 134 valence electrons. The van der Waals surface area contributed by atoms with Gasteiger partial charge in [-0.2, -0.15) is 0 Å². The fraction of sp³-hybridized carbons (Fsp3) is 0.278. The molecule has 0 aliphatic heterocycles. The number of anilines is 1. The molecule has 0 saturated heterocycles. The summed E-state index contributed by atoms with van der Waals surface area (Å²) in [4.78, 5) is 12.1. The summed E-state index contributed by atoms with van der Waals surface area (Å²) in [5.41, 5.74) is 1.63. The molecule has 0 heterocycles. The van der Waals surface area contributed by atoms with E-state index >= 15 is 0 Å². The molecule has 0 aliphatic carbocycles. The van der Waals surface area contributed by atoms with Gasteiger partial charge in [0.05, 0.1) is 22.8 Å². The topological polar surface area (TPSA) is 63.7 Å². The highest BCUT2D eigenvalue weighted by Gasteiger charge is 2.25. The standard InChI is InChI=1S/C18H20BrNO4S/c1-4-20(25(22,23)16-9-7-15(19)8-10-16)17-11-6-14(12-13(17)3)18(21)24-5-2/h6-12H,4-5H2,1-3H3. The zero-order valence-corrected chi connectivity index (χ0v) is 16.7. The van der Waals surface area contributed by atoms with Crippen LogP contribution in [0.2, 0.25) is 0 Å². The summed E-state index contributed by atoms with van der Waals surface area (Å²) >= 11 is 3.30. The monoisotopic (exact) mass is 425 g/mol. The largest absolute Gasteiger partial charge is 0.462 e. The molecule has 25 heavy (non-hydrogen) atoms. The number of benzene rings is 2. The number of rotatable bonds is 6. The Hall–Kier alpha value is -1.86. The van der Waals surface area contributed by atoms with Crippen LogP contribution in [0.5, 0.6) is 0 Å². The van der Waals surface area contributed by atoms with Gasteiger partial charge in [0.2, 0.25) is 0 Å². The minimum atomic E-state index is -3.69. The van der Waals surface area contributed by atoms with Gasteiger partial charge >= 0.3 is 5.97 Å². The van der Waals surface area contributed by atoms with E-state index in [0.29, 0.717) is 23.4 Å². The molecule has 2 aromatic rings. The summed E-state index contributed by atoms with van der Waals surface area (Å²) < 4.78 is 33.1. The van der Waals surface area contributed by atoms with Gasteiger partial charge in [-0.3, -0.25) is 4.31 Å². The zero-order chi connectivity index (χ0) is 18.6. The van der Waals surface area contributed by atoms with Gasteiger partial charge in [0, 0.05) is 11.0 Å². The van der Waals surface area contributed by atoms with E-state index in [1.165, 1.54) is 4.31 Å². The number of hydrogen-bond acceptors (Lipinski definition) is 4. The second kappa shape index (κ2) is 8.01. The summed E-state index contributed by atoms with van der Waals surface area (Å²) in [7, 11) is -3.69. The average molecular weight is 426 g/mol. The van der Waals surface area contributed by atoms with Gasteiger partial charge in [0.15, 0.2) is 0 Å². The number of aryl methyl sites for hydroxylation is 1. The Morgan fingerprint density at radius 2 is 1.76 bits per heavy atom. The summed E-state index contributed by atoms with van der Waals surface area (Å²) in [6, 6.07) is 11.4. The van der Waals surface area contributed by atoms with E-state index in [4.69, 9.17) is 4.74 Å². The first-order chi connectivity index (χ1) is 11.8. The molecule has 0 aromatic heterocycles. The Morgan fingerprint density at radius 3 is 2.28 bits per heavy atom. The molecule has 2 aromatic carbocycles. The van der Waals surface area contributed by atoms with Crippen LogP contribution in [-0.4, -0.2) is 27.5 Å². The van der Waals surface area contributed by atoms with Crippen LogP contribution < -0.4 is 4.31 Å². The van der Waals surface area contributed by atoms with Crippen LogP contribution >= 0.6 is 15.9 Å². The number of carbonyl (C=O) groups excluding carboxylic acids is 1. The molecule has 0 radical (unpaired) electrons. The van der Waals surface area contributed by atoms with E-state index in [1.54, 1.807) is 63.2 Å². The lowest BCUT2D eigenvalue weighted by Crippen LogP contribution is -2.31. The van der Waals surface area contributed by atoms with Crippen LogP contribution in [0.25, 0.3) is 0 Å². The van der Waals surface area contributed by atoms with E-state index < -0.39 is 16.0 Å². The predicted octanol–water partition coefficient (Wildman–Crippen LogP) is 4.15. The fourth-order valence-corrected chi connectivity index (χ4v) is 4.28. The van der Waals surface area contributed by atoms with Crippen LogP contribution in [0.1, 0.15) is 29.8 Å². The highest BCUT2D eigenvalue weighted by molar-refractivity contribution is 9.10. The molecule has 5 nitrogen and oxygen atoms in total. The van der Waals surface area contributed by atoms with Crippen molar-refractivity contribution in [3.63, 3.8) is 0 Å². The summed E-state index contributed by atoms with van der Waals surface area (Å²) in [5.74, 6) is -0.420. The number of carbonyl (C=O) groups is 1. The first-order valence-electron chi connectivity index (χ1n) is 7.87. The molecule has 0 bridgehead atoms. The second-order valence-corrected chi connectivity index (χ2v) is 8.12. The van der Waals surface area contributed by atoms with Crippen molar-refractivity contribution >= 4 is 37.6 Å². The SMILES string of the molecule is CCOC(=O)c1ccc(N(CC)S(=O)(=O)c2ccc(Br)cc2)c(C)c1. The summed E-state index contributed by atoms with van der Waals surface area (Å²) in [5, 5.41) is 0. The van der Waals surface area contributed by atoms with Crippen LogP contribution in [0.3, 0.4) is 0 Å². The quantitative estimate of drug-likeness (QED) is 0.651. The van der Waals surface area contributed by atoms with Crippen LogP contribution in [-0.2, 0) is 14.8 Å². The molecule has 0 spiro atoms. The Labute approximate surface area is 156 Å². The molecular formula is C18H20BrNO4S. The molecule has 7 heteroatoms. The second-order valence-electron chi connectivity index (χ2n) is 5.35. The smallest absolute Gasteiger partial charge is 0.338 e. The molecule has 0 unspecified atom stereocenters. The van der Waals surface area contributed by atoms with Gasteiger partial charge in [-0.25, -0.2) is 13.2 Å². The van der Waals surface area contributed by atoms with Gasteiger partial charge in [0.25, 0.3) is 10.0 Å². The van der Waals surface area contributed by atoms with E-state index in [9.17, 15) is 13.2 Å². The van der Waals surface area contributed by atoms with E-state index in [-0.39, 0.29) is 11.4 Å². The number of halogens is 1. The van der Waals surface area contributed by atoms with Gasteiger partial charge < -0.3 is 4.74 Å². The maximum Gasteiger partial charge on any atom is 0.338 e. The van der Waals surface area contributed by atoms with Crippen molar-refractivity contribution < 1.29 is 17.9 Å². The third-order valence-electron chi connectivity index (χ3n) is 3.67. The zero-order valence-electron chi connectivity index (χ0n) is 14.3. The van der Waals surface area contributed by atoms with Crippen molar-refractivity contribution in [2.24, 2.45) is 0 Å². The van der Waals surface area contributed by atoms with Crippen molar-refractivity contribution in [2.45, 2.75) is 25.7 Å². The Morgan fingerprint density at radius 1 is 1.12 bits per heavy atom. The number of nitrogens with zero attached hydrogens (tertiary/aromatic N) is 1. The van der Waals surface area contributed by atoms with Crippen molar-refractivity contribution in [3.8, 4) is 0 Å². The lowest BCUT2D eigenvalue weighted by molar-refractivity contribution is 0.0526. The minimum absolute atomic E-state index is 0.214. The summed E-state index contributed by atoms with van der Waals surface area (Å²) in [6.07, 6.45) is 0. The third kappa shape index (κ3) is 4.22. The van der Waals surface area contributed by atoms with E-state index in [0.717, 1.165) is 4.47 Å². The third-order valence-corrected chi connectivity index (χ3v) is 6.10. The van der Waals surface area contributed by atoms with Gasteiger partial charge in [-0.05, 0) is 68.8 Å². The molecular weight excluding hydrogens is 406 g/mol. The maximum atomic E-state index is 13.0. The molecule has 0 fully saturated rings. The molecule has 0 aliphatic rings. The Balaban J connectivity index is 2.43. The predicted molar refractivity (Wildman–Crippen MR) is 101 cm³/mol. The normalized spacial score (nSPS) is 11.2. The van der Waals surface area contributed by atoms with Crippen molar-refractivity contribution in [1.29, 1.82) is 0 Å². The lowest BCUT2D eigenvalue weighted by Gasteiger charge is -2.25. The highest BCUT2D eigenvalue weighted by Crippen LogP contribution is 2.28. The Bertz CT molecular complexity index is 863. The number of esters is 1. The van der Waals surface area contributed by atoms with Crippen LogP contribution in [0.15, 0.2) is 51.8 Å². The van der Waals surface area contributed by atoms with Gasteiger partial charge in [-0.1, -0.05) is 15.9 Å². The molecule has 0 N–H and O–H groups in total. The first-order valence-corrected chi connectivity index (χ1v) is 10.1. The molecule has 0 amide bonds. The average Bonchev–Trinajstić information content (AvgIpc) is 2.57. The first kappa shape index (κ1) is 19.5. The van der Waals surface area contributed by atoms with Crippen molar-refractivity contribution in [1.82, 2.24) is 0 Å². The molecule has 0 saturated carbocycles. The number of hydrogen-bond donors (Lipinski definition) is 0. The van der Waals surface area contributed by atoms with Crippen LogP contribution in [0.4, 0.5) is 5.69 Å². The lowest BCUT2D eigenvalue weighted by atomic mass is 10.1. The van der Waals surface area contributed by atoms with Gasteiger partial charge in [-0.15, -0.1) is 0 Å².